The van der Waals surface area contributed by atoms with Crippen LogP contribution in [-0.4, -0.2) is 40.0 Å². The lowest BCUT2D eigenvalue weighted by molar-refractivity contribution is -0.126. The van der Waals surface area contributed by atoms with Crippen LogP contribution in [0, 0.1) is 12.8 Å². The van der Waals surface area contributed by atoms with E-state index in [4.69, 9.17) is 0 Å². The Labute approximate surface area is 135 Å². The van der Waals surface area contributed by atoms with Crippen molar-refractivity contribution in [3.63, 3.8) is 0 Å². The molecule has 8 heteroatoms. The van der Waals surface area contributed by atoms with Gasteiger partial charge in [0.2, 0.25) is 15.9 Å². The van der Waals surface area contributed by atoms with Gasteiger partial charge in [0.25, 0.3) is 0 Å². The summed E-state index contributed by atoms with van der Waals surface area (Å²) in [5, 5.41) is 6.12. The highest BCUT2D eigenvalue weighted by molar-refractivity contribution is 7.91. The number of sulfonamides is 1. The first kappa shape index (κ1) is 17.4. The average molecular weight is 345 g/mol. The zero-order valence-electron chi connectivity index (χ0n) is 12.9. The molecule has 22 heavy (non-hydrogen) atoms. The fourth-order valence-corrected chi connectivity index (χ4v) is 4.87. The minimum atomic E-state index is -3.46. The predicted molar refractivity (Wildman–Crippen MR) is 87.4 cm³/mol. The predicted octanol–water partition coefficient (Wildman–Crippen LogP) is 0.839. The van der Waals surface area contributed by atoms with Crippen molar-refractivity contribution in [3.8, 4) is 0 Å². The van der Waals surface area contributed by atoms with E-state index in [2.05, 4.69) is 22.3 Å². The van der Waals surface area contributed by atoms with Gasteiger partial charge in [-0.1, -0.05) is 0 Å². The molecule has 0 radical (unpaired) electrons. The third-order valence-electron chi connectivity index (χ3n) is 3.69. The normalized spacial score (nSPS) is 22.5. The average Bonchev–Trinajstić information content (AvgIpc) is 2.91. The van der Waals surface area contributed by atoms with E-state index in [1.54, 1.807) is 12.1 Å². The second-order valence-electron chi connectivity index (χ2n) is 5.63. The number of thiophene rings is 1. The van der Waals surface area contributed by atoms with Crippen LogP contribution in [0.3, 0.4) is 0 Å². The summed E-state index contributed by atoms with van der Waals surface area (Å²) in [7, 11) is -3.46. The Bertz CT molecular complexity index is 613. The maximum Gasteiger partial charge on any atom is 0.250 e. The highest BCUT2D eigenvalue weighted by Gasteiger charge is 2.24. The van der Waals surface area contributed by atoms with Crippen molar-refractivity contribution < 1.29 is 13.2 Å². The zero-order valence-corrected chi connectivity index (χ0v) is 14.5. The van der Waals surface area contributed by atoms with Gasteiger partial charge in [-0.3, -0.25) is 4.79 Å². The van der Waals surface area contributed by atoms with Gasteiger partial charge in [-0.25, -0.2) is 13.1 Å². The fraction of sp³-hybridized carbons (Fsp3) is 0.643. The summed E-state index contributed by atoms with van der Waals surface area (Å²) in [6.45, 7) is 5.29. The molecule has 1 amide bonds. The molecule has 124 valence electrons. The fourth-order valence-electron chi connectivity index (χ4n) is 2.51. The van der Waals surface area contributed by atoms with Crippen molar-refractivity contribution in [3.05, 3.63) is 17.0 Å². The van der Waals surface area contributed by atoms with Crippen molar-refractivity contribution >= 4 is 27.3 Å². The molecule has 0 spiro atoms. The van der Waals surface area contributed by atoms with Gasteiger partial charge in [0.15, 0.2) is 0 Å². The van der Waals surface area contributed by atoms with Crippen molar-refractivity contribution in [2.24, 2.45) is 5.92 Å². The molecule has 0 saturated carbocycles. The minimum absolute atomic E-state index is 0.0134. The van der Waals surface area contributed by atoms with Crippen LogP contribution in [0.4, 0.5) is 0 Å². The van der Waals surface area contributed by atoms with Crippen LogP contribution in [-0.2, 0) is 14.8 Å². The quantitative estimate of drug-likeness (QED) is 0.667. The Morgan fingerprint density at radius 3 is 2.82 bits per heavy atom. The van der Waals surface area contributed by atoms with Crippen molar-refractivity contribution in [2.75, 3.05) is 19.6 Å². The second-order valence-corrected chi connectivity index (χ2v) is 8.91. The molecule has 1 aromatic rings. The SMILES string of the molecule is Cc1ccc(S(=O)(=O)NCCNC(=O)[C@H]2CCN[C@@H](C)C2)s1. The van der Waals surface area contributed by atoms with Gasteiger partial charge in [0.05, 0.1) is 0 Å². The van der Waals surface area contributed by atoms with Crippen LogP contribution >= 0.6 is 11.3 Å². The van der Waals surface area contributed by atoms with Crippen LogP contribution < -0.4 is 15.4 Å². The number of aryl methyl sites for hydroxylation is 1. The number of hydrogen-bond acceptors (Lipinski definition) is 5. The van der Waals surface area contributed by atoms with Crippen LogP contribution in [0.1, 0.15) is 24.6 Å². The molecule has 0 aromatic carbocycles. The Morgan fingerprint density at radius 2 is 2.18 bits per heavy atom. The van der Waals surface area contributed by atoms with Crippen LogP contribution in [0.2, 0.25) is 0 Å². The Hall–Kier alpha value is -0.960. The number of piperidine rings is 1. The molecule has 6 nitrogen and oxygen atoms in total. The number of carbonyl (C=O) groups excluding carboxylic acids is 1. The first-order valence-electron chi connectivity index (χ1n) is 7.45. The first-order chi connectivity index (χ1) is 10.4. The monoisotopic (exact) mass is 345 g/mol. The molecule has 2 heterocycles. The lowest BCUT2D eigenvalue weighted by atomic mass is 9.92. The minimum Gasteiger partial charge on any atom is -0.355 e. The summed E-state index contributed by atoms with van der Waals surface area (Å²) in [5.41, 5.74) is 0. The highest BCUT2D eigenvalue weighted by Crippen LogP contribution is 2.20. The largest absolute Gasteiger partial charge is 0.355 e. The first-order valence-corrected chi connectivity index (χ1v) is 9.75. The second kappa shape index (κ2) is 7.54. The molecular formula is C14H23N3O3S2. The standard InChI is InChI=1S/C14H23N3O3S2/c1-10-9-12(5-6-15-10)14(18)16-7-8-17-22(19,20)13-4-3-11(2)21-13/h3-4,10,12,15,17H,5-9H2,1-2H3,(H,16,18)/t10-,12-/m0/s1. The third kappa shape index (κ3) is 4.77. The van der Waals surface area contributed by atoms with E-state index in [1.165, 1.54) is 11.3 Å². The van der Waals surface area contributed by atoms with Crippen molar-refractivity contribution in [1.29, 1.82) is 0 Å². The molecular weight excluding hydrogens is 322 g/mol. The summed E-state index contributed by atoms with van der Waals surface area (Å²) in [4.78, 5) is 13.0. The number of rotatable bonds is 6. The van der Waals surface area contributed by atoms with Crippen LogP contribution in [0.25, 0.3) is 0 Å². The van der Waals surface area contributed by atoms with E-state index >= 15 is 0 Å². The third-order valence-corrected chi connectivity index (χ3v) is 6.64. The van der Waals surface area contributed by atoms with Gasteiger partial charge >= 0.3 is 0 Å². The van der Waals surface area contributed by atoms with E-state index in [9.17, 15) is 13.2 Å². The molecule has 1 fully saturated rings. The number of carbonyl (C=O) groups is 1. The van der Waals surface area contributed by atoms with Gasteiger partial charge in [-0.05, 0) is 45.4 Å². The summed E-state index contributed by atoms with van der Waals surface area (Å²) in [6.07, 6.45) is 1.66. The Balaban J connectivity index is 1.73. The highest BCUT2D eigenvalue weighted by atomic mass is 32.2. The summed E-state index contributed by atoms with van der Waals surface area (Å²) in [6, 6.07) is 3.72. The van der Waals surface area contributed by atoms with Crippen LogP contribution in [0.15, 0.2) is 16.3 Å². The van der Waals surface area contributed by atoms with Gasteiger partial charge in [0, 0.05) is 29.9 Å². The van der Waals surface area contributed by atoms with Gasteiger partial charge in [0.1, 0.15) is 4.21 Å². The number of amides is 1. The molecule has 3 N–H and O–H groups in total. The maximum absolute atomic E-state index is 12.0. The van der Waals surface area contributed by atoms with Crippen molar-refractivity contribution in [1.82, 2.24) is 15.4 Å². The summed E-state index contributed by atoms with van der Waals surface area (Å²) in [5.74, 6) is 0.0346. The molecule has 1 aliphatic heterocycles. The van der Waals surface area contributed by atoms with E-state index < -0.39 is 10.0 Å². The molecule has 0 aliphatic carbocycles. The summed E-state index contributed by atoms with van der Waals surface area (Å²) >= 11 is 1.24. The molecule has 2 atom stereocenters. The van der Waals surface area contributed by atoms with E-state index in [-0.39, 0.29) is 18.4 Å². The molecule has 0 bridgehead atoms. The smallest absolute Gasteiger partial charge is 0.250 e. The number of hydrogen-bond donors (Lipinski definition) is 3. The molecule has 1 aliphatic rings. The van der Waals surface area contributed by atoms with E-state index in [0.29, 0.717) is 16.8 Å². The van der Waals surface area contributed by atoms with Crippen LogP contribution in [0.5, 0.6) is 0 Å². The number of nitrogens with one attached hydrogen (secondary N) is 3. The zero-order chi connectivity index (χ0) is 16.2. The lowest BCUT2D eigenvalue weighted by Gasteiger charge is -2.27. The Kier molecular flexibility index (Phi) is 5.96. The topological polar surface area (TPSA) is 87.3 Å². The molecule has 1 aromatic heterocycles. The van der Waals surface area contributed by atoms with Gasteiger partial charge < -0.3 is 10.6 Å². The molecule has 1 saturated heterocycles. The Morgan fingerprint density at radius 1 is 1.41 bits per heavy atom. The summed E-state index contributed by atoms with van der Waals surface area (Å²) < 4.78 is 26.8. The van der Waals surface area contributed by atoms with Crippen molar-refractivity contribution in [2.45, 2.75) is 36.9 Å². The van der Waals surface area contributed by atoms with Gasteiger partial charge in [-0.15, -0.1) is 11.3 Å². The van der Waals surface area contributed by atoms with E-state index in [1.807, 2.05) is 6.92 Å². The van der Waals surface area contributed by atoms with E-state index in [0.717, 1.165) is 24.3 Å². The maximum atomic E-state index is 12.0. The molecule has 0 unspecified atom stereocenters. The molecule has 2 rings (SSSR count). The lowest BCUT2D eigenvalue weighted by Crippen LogP contribution is -2.44. The van der Waals surface area contributed by atoms with Gasteiger partial charge in [-0.2, -0.15) is 0 Å².